The van der Waals surface area contributed by atoms with Gasteiger partial charge in [-0.1, -0.05) is 6.07 Å². The van der Waals surface area contributed by atoms with E-state index in [0.29, 0.717) is 22.8 Å². The quantitative estimate of drug-likeness (QED) is 0.269. The molecule has 0 amide bonds. The Hall–Kier alpha value is -2.98. The van der Waals surface area contributed by atoms with E-state index in [2.05, 4.69) is 10.2 Å². The molecule has 4 N–H and O–H groups in total. The van der Waals surface area contributed by atoms with Crippen molar-refractivity contribution >= 4 is 33.1 Å². The van der Waals surface area contributed by atoms with E-state index >= 15 is 0 Å². The fourth-order valence-corrected chi connectivity index (χ4v) is 2.65. The Morgan fingerprint density at radius 2 is 1.96 bits per heavy atom. The topological polar surface area (TPSA) is 152 Å². The maximum absolute atomic E-state index is 11.0. The smallest absolute Gasteiger partial charge is 0.335 e. The summed E-state index contributed by atoms with van der Waals surface area (Å²) in [7, 11) is -4.04. The van der Waals surface area contributed by atoms with Gasteiger partial charge in [-0.15, -0.1) is 0 Å². The van der Waals surface area contributed by atoms with Crippen LogP contribution in [0.3, 0.4) is 0 Å². The maximum Gasteiger partial charge on any atom is 0.335 e. The molecule has 2 rings (SSSR count). The van der Waals surface area contributed by atoms with Gasteiger partial charge in [0.25, 0.3) is 10.1 Å². The number of carboxylic acid groups (broad SMARTS) is 1. The van der Waals surface area contributed by atoms with E-state index in [-0.39, 0.29) is 18.6 Å². The van der Waals surface area contributed by atoms with Crippen LogP contribution in [0.25, 0.3) is 0 Å². The van der Waals surface area contributed by atoms with Crippen LogP contribution in [-0.2, 0) is 10.1 Å². The molecule has 0 aliphatic carbocycles. The lowest BCUT2D eigenvalue weighted by Crippen LogP contribution is -2.09. The predicted molar refractivity (Wildman–Crippen MR) is 99.7 cm³/mol. The number of rotatable bonds is 8. The Bertz CT molecular complexity index is 973. The van der Waals surface area contributed by atoms with Crippen LogP contribution in [0.5, 0.6) is 5.75 Å². The number of aromatic carboxylic acids is 1. The van der Waals surface area contributed by atoms with Gasteiger partial charge >= 0.3 is 5.97 Å². The number of azo groups is 1. The molecule has 144 valence electrons. The second kappa shape index (κ2) is 8.60. The van der Waals surface area contributed by atoms with Crippen LogP contribution in [0.2, 0.25) is 0 Å². The van der Waals surface area contributed by atoms with Crippen molar-refractivity contribution in [3.05, 3.63) is 47.5 Å². The van der Waals surface area contributed by atoms with Crippen LogP contribution in [-0.4, -0.2) is 36.4 Å². The first kappa shape index (κ1) is 20.3. The minimum atomic E-state index is -4.04. The molecule has 0 unspecified atom stereocenters. The molecule has 0 saturated heterocycles. The van der Waals surface area contributed by atoms with Crippen molar-refractivity contribution < 1.29 is 27.6 Å². The van der Waals surface area contributed by atoms with Crippen molar-refractivity contribution in [3.8, 4) is 5.75 Å². The minimum Gasteiger partial charge on any atom is -0.491 e. The highest BCUT2D eigenvalue weighted by Gasteiger charge is 2.09. The summed E-state index contributed by atoms with van der Waals surface area (Å²) in [6.45, 7) is 1.82. The molecule has 0 aromatic heterocycles. The predicted octanol–water partition coefficient (Wildman–Crippen LogP) is 3.35. The highest BCUT2D eigenvalue weighted by Crippen LogP contribution is 2.32. The van der Waals surface area contributed by atoms with Gasteiger partial charge in [-0.2, -0.15) is 18.6 Å². The fraction of sp³-hybridized carbons (Fsp3) is 0.235. The van der Waals surface area contributed by atoms with E-state index in [0.717, 1.165) is 5.56 Å². The molecule has 27 heavy (non-hydrogen) atoms. The summed E-state index contributed by atoms with van der Waals surface area (Å²) in [5.41, 5.74) is 7.92. The molecular formula is C17H19N3O6S. The zero-order chi connectivity index (χ0) is 20.0. The number of nitrogens with two attached hydrogens (primary N) is 1. The number of benzene rings is 2. The second-order valence-electron chi connectivity index (χ2n) is 5.72. The molecule has 0 heterocycles. The second-order valence-corrected chi connectivity index (χ2v) is 7.29. The molecule has 10 heteroatoms. The van der Waals surface area contributed by atoms with Crippen molar-refractivity contribution in [1.29, 1.82) is 0 Å². The van der Waals surface area contributed by atoms with Gasteiger partial charge in [0.1, 0.15) is 5.75 Å². The molecule has 2 aromatic carbocycles. The van der Waals surface area contributed by atoms with Gasteiger partial charge in [-0.3, -0.25) is 4.55 Å². The number of nitrogens with zero attached hydrogens (tertiary/aromatic N) is 2. The van der Waals surface area contributed by atoms with Crippen molar-refractivity contribution in [2.75, 3.05) is 18.1 Å². The van der Waals surface area contributed by atoms with Crippen molar-refractivity contribution in [1.82, 2.24) is 0 Å². The number of ether oxygens (including phenoxy) is 1. The summed E-state index contributed by atoms with van der Waals surface area (Å²) in [6, 6.07) is 9.23. The first-order chi connectivity index (χ1) is 12.7. The van der Waals surface area contributed by atoms with E-state index in [1.807, 2.05) is 0 Å². The number of anilines is 1. The Kier molecular flexibility index (Phi) is 6.48. The average molecular weight is 393 g/mol. The standard InChI is InChI=1S/C17H19N3O6S/c1-11-8-14(18)16(26-6-3-7-27(23,24)25)10-15(11)20-19-13-5-2-4-12(9-13)17(21)22/h2,4-5,8-10H,3,6-7,18H2,1H3,(H,21,22)(H,23,24,25). The van der Waals surface area contributed by atoms with Gasteiger partial charge in [0.15, 0.2) is 0 Å². The number of hydrogen-bond donors (Lipinski definition) is 3. The molecule has 2 aromatic rings. The minimum absolute atomic E-state index is 0.0459. The van der Waals surface area contributed by atoms with Crippen LogP contribution in [0.4, 0.5) is 17.1 Å². The van der Waals surface area contributed by atoms with Gasteiger partial charge in [0, 0.05) is 6.07 Å². The number of nitrogen functional groups attached to an aromatic ring is 1. The lowest BCUT2D eigenvalue weighted by Gasteiger charge is -2.10. The fourth-order valence-electron chi connectivity index (χ4n) is 2.17. The van der Waals surface area contributed by atoms with Crippen LogP contribution < -0.4 is 10.5 Å². The van der Waals surface area contributed by atoms with E-state index in [4.69, 9.17) is 20.1 Å². The highest BCUT2D eigenvalue weighted by atomic mass is 32.2. The Morgan fingerprint density at radius 3 is 2.63 bits per heavy atom. The first-order valence-electron chi connectivity index (χ1n) is 7.89. The average Bonchev–Trinajstić information content (AvgIpc) is 2.58. The van der Waals surface area contributed by atoms with Crippen molar-refractivity contribution in [3.63, 3.8) is 0 Å². The number of carbonyl (C=O) groups is 1. The summed E-state index contributed by atoms with van der Waals surface area (Å²) in [6.07, 6.45) is 0.102. The molecule has 0 aliphatic rings. The third-order valence-corrected chi connectivity index (χ3v) is 4.30. The monoisotopic (exact) mass is 393 g/mol. The van der Waals surface area contributed by atoms with Gasteiger partial charge < -0.3 is 15.6 Å². The largest absolute Gasteiger partial charge is 0.491 e. The molecule has 9 nitrogen and oxygen atoms in total. The molecule has 0 atom stereocenters. The van der Waals surface area contributed by atoms with Crippen molar-refractivity contribution in [2.24, 2.45) is 10.2 Å². The maximum atomic E-state index is 11.0. The molecular weight excluding hydrogens is 374 g/mol. The van der Waals surface area contributed by atoms with Crippen LogP contribution in [0.15, 0.2) is 46.6 Å². The van der Waals surface area contributed by atoms with Crippen LogP contribution in [0, 0.1) is 6.92 Å². The SMILES string of the molecule is Cc1cc(N)c(OCCCS(=O)(=O)O)cc1N=Nc1cccc(C(=O)O)c1. The van der Waals surface area contributed by atoms with Crippen LogP contribution >= 0.6 is 0 Å². The van der Waals surface area contributed by atoms with Gasteiger partial charge in [-0.05, 0) is 43.2 Å². The Labute approximate surface area is 156 Å². The van der Waals surface area contributed by atoms with Gasteiger partial charge in [0.2, 0.25) is 0 Å². The Morgan fingerprint density at radius 1 is 1.22 bits per heavy atom. The van der Waals surface area contributed by atoms with Gasteiger partial charge in [-0.25, -0.2) is 4.79 Å². The normalized spacial score (nSPS) is 11.6. The third-order valence-electron chi connectivity index (χ3n) is 3.50. The summed E-state index contributed by atoms with van der Waals surface area (Å²) in [4.78, 5) is 11.0. The van der Waals surface area contributed by atoms with E-state index in [1.165, 1.54) is 12.1 Å². The molecule has 0 aliphatic heterocycles. The molecule has 0 spiro atoms. The summed E-state index contributed by atoms with van der Waals surface area (Å²) in [5.74, 6) is -1.16. The van der Waals surface area contributed by atoms with Gasteiger partial charge in [0.05, 0.1) is 35.0 Å². The molecule has 0 saturated carbocycles. The molecule has 0 radical (unpaired) electrons. The number of hydrogen-bond acceptors (Lipinski definition) is 7. The van der Waals surface area contributed by atoms with E-state index in [9.17, 15) is 13.2 Å². The molecule has 0 bridgehead atoms. The number of aryl methyl sites for hydroxylation is 1. The number of carboxylic acids is 1. The van der Waals surface area contributed by atoms with Crippen molar-refractivity contribution in [2.45, 2.75) is 13.3 Å². The lowest BCUT2D eigenvalue weighted by atomic mass is 10.1. The van der Waals surface area contributed by atoms with Crippen LogP contribution in [0.1, 0.15) is 22.3 Å². The zero-order valence-corrected chi connectivity index (χ0v) is 15.3. The summed E-state index contributed by atoms with van der Waals surface area (Å²) < 4.78 is 35.6. The highest BCUT2D eigenvalue weighted by molar-refractivity contribution is 7.85. The molecule has 0 fully saturated rings. The first-order valence-corrected chi connectivity index (χ1v) is 9.50. The third kappa shape index (κ3) is 6.35. The summed E-state index contributed by atoms with van der Waals surface area (Å²) in [5, 5.41) is 17.1. The lowest BCUT2D eigenvalue weighted by molar-refractivity contribution is 0.0697. The van der Waals surface area contributed by atoms with E-state index in [1.54, 1.807) is 31.2 Å². The zero-order valence-electron chi connectivity index (χ0n) is 14.5. The summed E-state index contributed by atoms with van der Waals surface area (Å²) >= 11 is 0. The van der Waals surface area contributed by atoms with E-state index < -0.39 is 21.8 Å². The Balaban J connectivity index is 2.15.